The van der Waals surface area contributed by atoms with Gasteiger partial charge in [0.15, 0.2) is 0 Å². The van der Waals surface area contributed by atoms with Gasteiger partial charge in [0.05, 0.1) is 23.2 Å². The van der Waals surface area contributed by atoms with Crippen molar-refractivity contribution in [2.45, 2.75) is 58.9 Å². The van der Waals surface area contributed by atoms with E-state index in [2.05, 4.69) is 26.1 Å². The number of rotatable bonds is 3. The maximum absolute atomic E-state index is 12.9. The number of hydrogen-bond acceptors (Lipinski definition) is 4. The standard InChI is InChI=1S/C21H30N4O3S/c1-20(2,3)17-13-18(25(23-17)21(4,5)6)22-19(26)15-8-9-16-14(12-15)10-11-24(16)29(7,27)28/h8-9,12-13H,10-11H2,1-7H3,(H,22,26). The zero-order valence-electron chi connectivity index (χ0n) is 18.2. The van der Waals surface area contributed by atoms with E-state index in [0.29, 0.717) is 30.0 Å². The fourth-order valence-corrected chi connectivity index (χ4v) is 4.35. The first-order valence-electron chi connectivity index (χ1n) is 9.71. The Hall–Kier alpha value is -2.35. The minimum Gasteiger partial charge on any atom is -0.307 e. The summed E-state index contributed by atoms with van der Waals surface area (Å²) in [5.41, 5.74) is 2.48. The highest BCUT2D eigenvalue weighted by Gasteiger charge is 2.28. The molecule has 158 valence electrons. The molecule has 1 aliphatic heterocycles. The Balaban J connectivity index is 1.91. The maximum atomic E-state index is 12.9. The predicted octanol–water partition coefficient (Wildman–Crippen LogP) is 3.51. The van der Waals surface area contributed by atoms with E-state index < -0.39 is 10.0 Å². The average Bonchev–Trinajstić information content (AvgIpc) is 3.16. The first-order valence-corrected chi connectivity index (χ1v) is 11.6. The SMILES string of the molecule is CC(C)(C)c1cc(NC(=O)c2ccc3c(c2)CCN3S(C)(=O)=O)n(C(C)(C)C)n1. The Bertz CT molecular complexity index is 1060. The summed E-state index contributed by atoms with van der Waals surface area (Å²) in [6.45, 7) is 12.8. The molecule has 0 fully saturated rings. The van der Waals surface area contributed by atoms with Gasteiger partial charge in [0, 0.05) is 23.6 Å². The highest BCUT2D eigenvalue weighted by atomic mass is 32.2. The number of fused-ring (bicyclic) bond motifs is 1. The Morgan fingerprint density at radius 2 is 1.76 bits per heavy atom. The van der Waals surface area contributed by atoms with Crippen molar-refractivity contribution in [3.63, 3.8) is 0 Å². The maximum Gasteiger partial charge on any atom is 0.256 e. The molecule has 1 aromatic heterocycles. The first-order chi connectivity index (χ1) is 13.2. The van der Waals surface area contributed by atoms with Crippen molar-refractivity contribution in [2.75, 3.05) is 22.4 Å². The topological polar surface area (TPSA) is 84.3 Å². The van der Waals surface area contributed by atoms with E-state index in [9.17, 15) is 13.2 Å². The third-order valence-electron chi connectivity index (χ3n) is 4.95. The van der Waals surface area contributed by atoms with E-state index in [-0.39, 0.29) is 16.9 Å². The monoisotopic (exact) mass is 418 g/mol. The molecule has 1 N–H and O–H groups in total. The molecule has 3 rings (SSSR count). The van der Waals surface area contributed by atoms with Crippen LogP contribution in [0, 0.1) is 0 Å². The van der Waals surface area contributed by atoms with Gasteiger partial charge in [-0.25, -0.2) is 13.1 Å². The molecule has 0 saturated heterocycles. The zero-order chi connectivity index (χ0) is 21.8. The van der Waals surface area contributed by atoms with E-state index in [1.54, 1.807) is 18.2 Å². The Kier molecular flexibility index (Phi) is 5.06. The van der Waals surface area contributed by atoms with Crippen LogP contribution in [0.3, 0.4) is 0 Å². The summed E-state index contributed by atoms with van der Waals surface area (Å²) in [7, 11) is -3.31. The van der Waals surface area contributed by atoms with E-state index in [1.807, 2.05) is 31.5 Å². The molecule has 29 heavy (non-hydrogen) atoms. The van der Waals surface area contributed by atoms with Crippen LogP contribution in [0.2, 0.25) is 0 Å². The highest BCUT2D eigenvalue weighted by Crippen LogP contribution is 2.32. The van der Waals surface area contributed by atoms with Gasteiger partial charge in [-0.05, 0) is 51.0 Å². The average molecular weight is 419 g/mol. The molecular weight excluding hydrogens is 388 g/mol. The highest BCUT2D eigenvalue weighted by molar-refractivity contribution is 7.92. The van der Waals surface area contributed by atoms with Crippen LogP contribution in [0.15, 0.2) is 24.3 Å². The van der Waals surface area contributed by atoms with Crippen molar-refractivity contribution < 1.29 is 13.2 Å². The van der Waals surface area contributed by atoms with Crippen molar-refractivity contribution in [2.24, 2.45) is 0 Å². The normalized spacial score (nSPS) is 14.8. The molecule has 0 saturated carbocycles. The second-order valence-electron chi connectivity index (χ2n) is 9.63. The van der Waals surface area contributed by atoms with Crippen LogP contribution >= 0.6 is 0 Å². The van der Waals surface area contributed by atoms with Crippen molar-refractivity contribution in [1.82, 2.24) is 9.78 Å². The van der Waals surface area contributed by atoms with Gasteiger partial charge in [0.25, 0.3) is 5.91 Å². The third kappa shape index (κ3) is 4.32. The first kappa shape index (κ1) is 21.4. The fourth-order valence-electron chi connectivity index (χ4n) is 3.39. The minimum absolute atomic E-state index is 0.140. The Morgan fingerprint density at radius 3 is 2.31 bits per heavy atom. The number of carbonyl (C=O) groups excluding carboxylic acids is 1. The lowest BCUT2D eigenvalue weighted by atomic mass is 9.92. The third-order valence-corrected chi connectivity index (χ3v) is 6.13. The molecule has 1 aliphatic rings. The number of aromatic nitrogens is 2. The molecular formula is C21H30N4O3S. The summed E-state index contributed by atoms with van der Waals surface area (Å²) in [5.74, 6) is 0.405. The number of benzene rings is 1. The Labute approximate surface area is 173 Å². The van der Waals surface area contributed by atoms with Crippen molar-refractivity contribution in [3.8, 4) is 0 Å². The van der Waals surface area contributed by atoms with Gasteiger partial charge in [-0.15, -0.1) is 0 Å². The Morgan fingerprint density at radius 1 is 1.10 bits per heavy atom. The van der Waals surface area contributed by atoms with Gasteiger partial charge in [-0.1, -0.05) is 20.8 Å². The van der Waals surface area contributed by atoms with Crippen LogP contribution < -0.4 is 9.62 Å². The van der Waals surface area contributed by atoms with Gasteiger partial charge in [-0.2, -0.15) is 5.10 Å². The number of sulfonamides is 1. The van der Waals surface area contributed by atoms with Crippen molar-refractivity contribution >= 4 is 27.4 Å². The summed E-state index contributed by atoms with van der Waals surface area (Å²) in [6.07, 6.45) is 1.79. The predicted molar refractivity (Wildman–Crippen MR) is 116 cm³/mol. The molecule has 1 aromatic carbocycles. The number of anilines is 2. The lowest BCUT2D eigenvalue weighted by Gasteiger charge is -2.23. The molecule has 0 radical (unpaired) electrons. The van der Waals surface area contributed by atoms with Crippen LogP contribution in [0.1, 0.15) is 63.2 Å². The van der Waals surface area contributed by atoms with Crippen molar-refractivity contribution in [1.29, 1.82) is 0 Å². The molecule has 1 amide bonds. The molecule has 2 heterocycles. The summed E-state index contributed by atoms with van der Waals surface area (Å²) in [5, 5.41) is 7.71. The smallest absolute Gasteiger partial charge is 0.256 e. The van der Waals surface area contributed by atoms with Gasteiger partial charge >= 0.3 is 0 Å². The summed E-state index contributed by atoms with van der Waals surface area (Å²) >= 11 is 0. The van der Waals surface area contributed by atoms with Crippen LogP contribution in [0.5, 0.6) is 0 Å². The van der Waals surface area contributed by atoms with Crippen LogP contribution in [-0.2, 0) is 27.4 Å². The van der Waals surface area contributed by atoms with Crippen LogP contribution in [0.4, 0.5) is 11.5 Å². The molecule has 2 aromatic rings. The number of hydrogen-bond donors (Lipinski definition) is 1. The molecule has 0 atom stereocenters. The van der Waals surface area contributed by atoms with Gasteiger partial charge < -0.3 is 5.32 Å². The molecule has 0 unspecified atom stereocenters. The van der Waals surface area contributed by atoms with E-state index in [4.69, 9.17) is 5.10 Å². The zero-order valence-corrected chi connectivity index (χ0v) is 19.0. The largest absolute Gasteiger partial charge is 0.307 e. The quantitative estimate of drug-likeness (QED) is 0.827. The van der Waals surface area contributed by atoms with E-state index in [1.165, 1.54) is 10.6 Å². The second kappa shape index (κ2) is 6.86. The number of carbonyl (C=O) groups is 1. The lowest BCUT2D eigenvalue weighted by Crippen LogP contribution is -2.27. The second-order valence-corrected chi connectivity index (χ2v) is 11.5. The van der Waals surface area contributed by atoms with Gasteiger partial charge in [0.1, 0.15) is 5.82 Å². The fraction of sp³-hybridized carbons (Fsp3) is 0.524. The molecule has 0 bridgehead atoms. The molecule has 8 heteroatoms. The van der Waals surface area contributed by atoms with Gasteiger partial charge in [0.2, 0.25) is 10.0 Å². The lowest BCUT2D eigenvalue weighted by molar-refractivity contribution is 0.102. The van der Waals surface area contributed by atoms with E-state index >= 15 is 0 Å². The molecule has 0 spiro atoms. The molecule has 7 nitrogen and oxygen atoms in total. The van der Waals surface area contributed by atoms with E-state index in [0.717, 1.165) is 11.3 Å². The van der Waals surface area contributed by atoms with Gasteiger partial charge in [-0.3, -0.25) is 9.10 Å². The van der Waals surface area contributed by atoms with Crippen LogP contribution in [0.25, 0.3) is 0 Å². The molecule has 0 aliphatic carbocycles. The summed E-state index contributed by atoms with van der Waals surface area (Å²) in [4.78, 5) is 12.9. The number of amides is 1. The minimum atomic E-state index is -3.31. The van der Waals surface area contributed by atoms with Crippen LogP contribution in [-0.4, -0.2) is 36.9 Å². The van der Waals surface area contributed by atoms with Crippen molar-refractivity contribution in [3.05, 3.63) is 41.1 Å². The number of nitrogens with one attached hydrogen (secondary N) is 1. The number of nitrogens with zero attached hydrogens (tertiary/aromatic N) is 3. The summed E-state index contributed by atoms with van der Waals surface area (Å²) < 4.78 is 27.0. The summed E-state index contributed by atoms with van der Waals surface area (Å²) in [6, 6.07) is 7.07.